The Hall–Kier alpha value is -2.83. The van der Waals surface area contributed by atoms with Crippen LogP contribution < -0.4 is 15.0 Å². The van der Waals surface area contributed by atoms with Gasteiger partial charge in [-0.15, -0.1) is 11.3 Å². The highest BCUT2D eigenvalue weighted by atomic mass is 32.1. The highest BCUT2D eigenvalue weighted by Crippen LogP contribution is 2.36. The van der Waals surface area contributed by atoms with Gasteiger partial charge in [0.05, 0.1) is 24.2 Å². The average molecular weight is 422 g/mol. The molecule has 0 aliphatic carbocycles. The second kappa shape index (κ2) is 7.78. The molecule has 2 aromatic carbocycles. The van der Waals surface area contributed by atoms with Crippen LogP contribution in [-0.4, -0.2) is 25.6 Å². The van der Waals surface area contributed by atoms with Gasteiger partial charge in [0.1, 0.15) is 23.0 Å². The molecule has 154 valence electrons. The monoisotopic (exact) mass is 421 g/mol. The van der Waals surface area contributed by atoms with E-state index in [1.54, 1.807) is 18.4 Å². The third-order valence-corrected chi connectivity index (χ3v) is 7.18. The van der Waals surface area contributed by atoms with Crippen molar-refractivity contribution in [2.45, 2.75) is 31.8 Å². The Balaban J connectivity index is 1.43. The molecular formula is C24H25N2O3S+. The first-order valence-electron chi connectivity index (χ1n) is 10.3. The molecule has 1 aliphatic heterocycles. The number of thiophene rings is 1. The highest BCUT2D eigenvalue weighted by Gasteiger charge is 2.37. The number of hydrogen-bond donors (Lipinski definition) is 2. The van der Waals surface area contributed by atoms with Gasteiger partial charge in [-0.05, 0) is 30.5 Å². The Kier molecular flexibility index (Phi) is 4.97. The predicted molar refractivity (Wildman–Crippen MR) is 120 cm³/mol. The number of methoxy groups -OCH3 is 1. The van der Waals surface area contributed by atoms with Crippen LogP contribution in [0.4, 0.5) is 5.69 Å². The van der Waals surface area contributed by atoms with Gasteiger partial charge in [0, 0.05) is 29.7 Å². The van der Waals surface area contributed by atoms with E-state index < -0.39 is 0 Å². The molecule has 0 saturated carbocycles. The first-order chi connectivity index (χ1) is 14.7. The minimum absolute atomic E-state index is 0.00205. The van der Waals surface area contributed by atoms with Crippen LogP contribution in [0.15, 0.2) is 58.3 Å². The van der Waals surface area contributed by atoms with E-state index in [9.17, 15) is 4.79 Å². The lowest BCUT2D eigenvalue weighted by Gasteiger charge is -2.26. The molecule has 30 heavy (non-hydrogen) atoms. The van der Waals surface area contributed by atoms with Crippen LogP contribution in [0.3, 0.4) is 0 Å². The van der Waals surface area contributed by atoms with Crippen LogP contribution >= 0.6 is 11.3 Å². The third kappa shape index (κ3) is 3.26. The topological polar surface area (TPSA) is 55.9 Å². The van der Waals surface area contributed by atoms with Gasteiger partial charge in [-0.2, -0.15) is 0 Å². The van der Waals surface area contributed by atoms with Gasteiger partial charge in [-0.1, -0.05) is 24.3 Å². The van der Waals surface area contributed by atoms with Crippen molar-refractivity contribution in [3.05, 3.63) is 58.8 Å². The summed E-state index contributed by atoms with van der Waals surface area (Å²) in [5.74, 6) is 0.642. The number of benzene rings is 2. The van der Waals surface area contributed by atoms with E-state index in [1.807, 2.05) is 43.3 Å². The number of amides is 1. The Bertz CT molecular complexity index is 1200. The first-order valence-corrected chi connectivity index (χ1v) is 11.2. The molecule has 2 aromatic heterocycles. The molecular weight excluding hydrogens is 396 g/mol. The second-order valence-corrected chi connectivity index (χ2v) is 8.87. The van der Waals surface area contributed by atoms with Crippen molar-refractivity contribution >= 4 is 44.9 Å². The van der Waals surface area contributed by atoms with Gasteiger partial charge in [-0.25, -0.2) is 0 Å². The molecule has 4 aromatic rings. The fraction of sp³-hybridized carbons (Fsp3) is 0.292. The summed E-state index contributed by atoms with van der Waals surface area (Å²) in [7, 11) is 1.63. The molecule has 5 nitrogen and oxygen atoms in total. The number of fused-ring (bicyclic) bond motifs is 3. The Morgan fingerprint density at radius 2 is 2.07 bits per heavy atom. The molecule has 2 N–H and O–H groups in total. The third-order valence-electron chi connectivity index (χ3n) is 6.20. The van der Waals surface area contributed by atoms with Gasteiger partial charge < -0.3 is 19.4 Å². The normalized spacial score (nSPS) is 19.9. The zero-order chi connectivity index (χ0) is 20.7. The molecule has 6 heteroatoms. The molecule has 1 unspecified atom stereocenters. The zero-order valence-electron chi connectivity index (χ0n) is 17.1. The average Bonchev–Trinajstić information content (AvgIpc) is 3.51. The molecule has 0 bridgehead atoms. The standard InChI is InChI=1S/C24H24N2O3S/c1-15(26-11-5-8-19(26)23-10-6-12-30-23)24(27)25-18-14-21-17(13-22(18)28-2)16-7-3-4-9-20(16)29-21/h3-4,6-7,9-10,12-15,19H,5,8,11H2,1-2H3,(H,25,27)/p+1/t15-,19-/m1/s1. The van der Waals surface area contributed by atoms with Gasteiger partial charge in [-0.3, -0.25) is 4.79 Å². The number of carbonyl (C=O) groups is 1. The summed E-state index contributed by atoms with van der Waals surface area (Å²) in [5, 5.41) is 7.24. The molecule has 3 heterocycles. The van der Waals surface area contributed by atoms with Crippen molar-refractivity contribution in [3.8, 4) is 5.75 Å². The Morgan fingerprint density at radius 1 is 1.20 bits per heavy atom. The SMILES string of the molecule is COc1cc2c(cc1NC(=O)[C@@H](C)[NH+]1CCC[C@@H]1c1cccs1)oc1ccccc12. The van der Waals surface area contributed by atoms with E-state index in [4.69, 9.17) is 9.15 Å². The molecule has 1 fully saturated rings. The molecule has 0 spiro atoms. The molecule has 0 radical (unpaired) electrons. The first kappa shape index (κ1) is 19.2. The van der Waals surface area contributed by atoms with Crippen LogP contribution in [0.2, 0.25) is 0 Å². The summed E-state index contributed by atoms with van der Waals surface area (Å²) >= 11 is 1.78. The number of hydrogen-bond acceptors (Lipinski definition) is 4. The zero-order valence-corrected chi connectivity index (χ0v) is 17.9. The number of para-hydroxylation sites is 1. The Labute approximate surface area is 179 Å². The summed E-state index contributed by atoms with van der Waals surface area (Å²) in [6.45, 7) is 3.03. The lowest BCUT2D eigenvalue weighted by atomic mass is 10.1. The van der Waals surface area contributed by atoms with Gasteiger partial charge in [0.15, 0.2) is 6.04 Å². The lowest BCUT2D eigenvalue weighted by Crippen LogP contribution is -3.15. The lowest BCUT2D eigenvalue weighted by molar-refractivity contribution is -0.931. The summed E-state index contributed by atoms with van der Waals surface area (Å²) in [4.78, 5) is 15.9. The predicted octanol–water partition coefficient (Wildman–Crippen LogP) is 4.40. The minimum atomic E-state index is -0.157. The van der Waals surface area contributed by atoms with E-state index in [-0.39, 0.29) is 11.9 Å². The van der Waals surface area contributed by atoms with Crippen LogP contribution in [0, 0.1) is 0 Å². The van der Waals surface area contributed by atoms with E-state index in [1.165, 1.54) is 9.78 Å². The summed E-state index contributed by atoms with van der Waals surface area (Å²) in [6, 6.07) is 16.2. The van der Waals surface area contributed by atoms with Crippen molar-refractivity contribution in [2.75, 3.05) is 19.0 Å². The van der Waals surface area contributed by atoms with Crippen LogP contribution in [0.1, 0.15) is 30.7 Å². The number of nitrogens with one attached hydrogen (secondary N) is 2. The van der Waals surface area contributed by atoms with E-state index >= 15 is 0 Å². The Morgan fingerprint density at radius 3 is 2.87 bits per heavy atom. The number of furan rings is 1. The van der Waals surface area contributed by atoms with Crippen LogP contribution in [0.5, 0.6) is 5.75 Å². The number of likely N-dealkylation sites (tertiary alicyclic amines) is 1. The van der Waals surface area contributed by atoms with Crippen molar-refractivity contribution in [1.29, 1.82) is 0 Å². The minimum Gasteiger partial charge on any atom is -0.495 e. The largest absolute Gasteiger partial charge is 0.495 e. The van der Waals surface area contributed by atoms with Crippen molar-refractivity contribution in [1.82, 2.24) is 0 Å². The smallest absolute Gasteiger partial charge is 0.282 e. The fourth-order valence-corrected chi connectivity index (χ4v) is 5.54. The van der Waals surface area contributed by atoms with Gasteiger partial charge in [0.25, 0.3) is 5.91 Å². The van der Waals surface area contributed by atoms with E-state index in [0.717, 1.165) is 41.3 Å². The van der Waals surface area contributed by atoms with Crippen molar-refractivity contribution < 1.29 is 18.8 Å². The number of rotatable bonds is 5. The maximum Gasteiger partial charge on any atom is 0.282 e. The second-order valence-electron chi connectivity index (χ2n) is 7.89. The van der Waals surface area contributed by atoms with Crippen LogP contribution in [-0.2, 0) is 4.79 Å². The summed E-state index contributed by atoms with van der Waals surface area (Å²) in [5.41, 5.74) is 2.21. The van der Waals surface area contributed by atoms with E-state index in [2.05, 4.69) is 22.8 Å². The summed E-state index contributed by atoms with van der Waals surface area (Å²) < 4.78 is 11.6. The van der Waals surface area contributed by atoms with Crippen molar-refractivity contribution in [2.24, 2.45) is 0 Å². The molecule has 1 aliphatic rings. The van der Waals surface area contributed by atoms with Gasteiger partial charge in [0.2, 0.25) is 0 Å². The molecule has 1 saturated heterocycles. The summed E-state index contributed by atoms with van der Waals surface area (Å²) in [6.07, 6.45) is 2.27. The van der Waals surface area contributed by atoms with E-state index in [0.29, 0.717) is 17.5 Å². The quantitative estimate of drug-likeness (QED) is 0.502. The fourth-order valence-electron chi connectivity index (χ4n) is 4.63. The number of carbonyl (C=O) groups excluding carboxylic acids is 1. The molecule has 3 atom stereocenters. The van der Waals surface area contributed by atoms with Crippen LogP contribution in [0.25, 0.3) is 21.9 Å². The molecule has 1 amide bonds. The van der Waals surface area contributed by atoms with Gasteiger partial charge >= 0.3 is 0 Å². The maximum atomic E-state index is 13.2. The number of quaternary nitrogens is 1. The maximum absolute atomic E-state index is 13.2. The number of anilines is 1. The number of ether oxygens (including phenoxy) is 1. The molecule has 5 rings (SSSR count). The van der Waals surface area contributed by atoms with Crippen molar-refractivity contribution in [3.63, 3.8) is 0 Å². The highest BCUT2D eigenvalue weighted by molar-refractivity contribution is 7.10.